The van der Waals surface area contributed by atoms with Crippen LogP contribution in [0.1, 0.15) is 35.4 Å². The average Bonchev–Trinajstić information content (AvgIpc) is 3.25. The van der Waals surface area contributed by atoms with E-state index >= 15 is 0 Å². The van der Waals surface area contributed by atoms with Crippen molar-refractivity contribution in [1.82, 2.24) is 25.1 Å². The lowest BCUT2D eigenvalue weighted by molar-refractivity contribution is -0.140. The topological polar surface area (TPSA) is 84.7 Å². The molecular formula is C25H19Cl2F3N6O. The van der Waals surface area contributed by atoms with E-state index in [4.69, 9.17) is 23.2 Å². The van der Waals surface area contributed by atoms with E-state index in [1.807, 2.05) is 0 Å². The van der Waals surface area contributed by atoms with Crippen molar-refractivity contribution in [1.29, 1.82) is 0 Å². The van der Waals surface area contributed by atoms with Gasteiger partial charge in [0.25, 0.3) is 5.91 Å². The summed E-state index contributed by atoms with van der Waals surface area (Å²) in [4.78, 5) is 21.1. The van der Waals surface area contributed by atoms with E-state index < -0.39 is 17.8 Å². The van der Waals surface area contributed by atoms with Crippen molar-refractivity contribution >= 4 is 45.7 Å². The third kappa shape index (κ3) is 5.40. The molecule has 0 bridgehead atoms. The smallest absolute Gasteiger partial charge is 0.359 e. The second-order valence-corrected chi connectivity index (χ2v) is 9.23. The number of rotatable bonds is 5. The number of nitrogens with zero attached hydrogens (tertiary/aromatic N) is 4. The lowest BCUT2D eigenvalue weighted by Gasteiger charge is -2.24. The molecule has 1 atom stereocenters. The lowest BCUT2D eigenvalue weighted by Crippen LogP contribution is -2.36. The zero-order valence-electron chi connectivity index (χ0n) is 19.1. The summed E-state index contributed by atoms with van der Waals surface area (Å²) in [6.07, 6.45) is 0.711. The Balaban J connectivity index is 1.40. The Morgan fingerprint density at radius 2 is 1.92 bits per heavy atom. The first-order valence-electron chi connectivity index (χ1n) is 11.3. The van der Waals surface area contributed by atoms with Crippen molar-refractivity contribution in [2.75, 3.05) is 5.32 Å². The van der Waals surface area contributed by atoms with Gasteiger partial charge in [-0.15, -0.1) is 0 Å². The average molecular weight is 547 g/mol. The molecule has 0 aliphatic heterocycles. The molecule has 0 spiro atoms. The summed E-state index contributed by atoms with van der Waals surface area (Å²) < 4.78 is 41.6. The molecule has 1 aliphatic rings. The minimum absolute atomic E-state index is 0.0958. The number of hydrogen-bond acceptors (Lipinski definition) is 5. The monoisotopic (exact) mass is 546 g/mol. The van der Waals surface area contributed by atoms with Gasteiger partial charge in [-0.3, -0.25) is 4.79 Å². The van der Waals surface area contributed by atoms with Crippen molar-refractivity contribution in [2.45, 2.75) is 31.5 Å². The number of aromatic nitrogens is 4. The molecule has 0 radical (unpaired) electrons. The van der Waals surface area contributed by atoms with Gasteiger partial charge in [0.15, 0.2) is 11.0 Å². The first kappa shape index (κ1) is 25.0. The van der Waals surface area contributed by atoms with Gasteiger partial charge in [-0.2, -0.15) is 18.3 Å². The van der Waals surface area contributed by atoms with E-state index in [0.717, 1.165) is 6.07 Å². The summed E-state index contributed by atoms with van der Waals surface area (Å²) in [7, 11) is 0. The van der Waals surface area contributed by atoms with Gasteiger partial charge < -0.3 is 10.6 Å². The van der Waals surface area contributed by atoms with Crippen molar-refractivity contribution < 1.29 is 18.0 Å². The molecule has 1 aliphatic carbocycles. The van der Waals surface area contributed by atoms with Crippen LogP contribution in [0.25, 0.3) is 16.7 Å². The summed E-state index contributed by atoms with van der Waals surface area (Å²) >= 11 is 12.3. The number of hydrogen-bond donors (Lipinski definition) is 2. The van der Waals surface area contributed by atoms with Crippen LogP contribution in [0.3, 0.4) is 0 Å². The number of pyridine rings is 2. The highest BCUT2D eigenvalue weighted by Gasteiger charge is 2.33. The molecule has 37 heavy (non-hydrogen) atoms. The fraction of sp³-hybridized carbons (Fsp3) is 0.200. The van der Waals surface area contributed by atoms with E-state index in [9.17, 15) is 18.0 Å². The van der Waals surface area contributed by atoms with Gasteiger partial charge in [0.05, 0.1) is 10.5 Å². The van der Waals surface area contributed by atoms with E-state index in [1.165, 1.54) is 23.0 Å². The molecule has 5 rings (SSSR count). The summed E-state index contributed by atoms with van der Waals surface area (Å²) in [5.74, 6) is -0.190. The van der Waals surface area contributed by atoms with Gasteiger partial charge >= 0.3 is 6.18 Å². The molecule has 7 nitrogen and oxygen atoms in total. The predicted octanol–water partition coefficient (Wildman–Crippen LogP) is 6.42. The Morgan fingerprint density at radius 3 is 2.70 bits per heavy atom. The molecule has 0 saturated heterocycles. The Hall–Kier alpha value is -3.63. The Kier molecular flexibility index (Phi) is 6.78. The van der Waals surface area contributed by atoms with E-state index in [1.54, 1.807) is 36.4 Å². The number of halogens is 5. The van der Waals surface area contributed by atoms with Crippen molar-refractivity contribution in [3.63, 3.8) is 0 Å². The number of alkyl halides is 3. The summed E-state index contributed by atoms with van der Waals surface area (Å²) in [6, 6.07) is 11.9. The lowest BCUT2D eigenvalue weighted by atomic mass is 9.99. The van der Waals surface area contributed by atoms with Gasteiger partial charge in [0, 0.05) is 35.1 Å². The fourth-order valence-corrected chi connectivity index (χ4v) is 4.57. The highest BCUT2D eigenvalue weighted by atomic mass is 35.5. The third-order valence-electron chi connectivity index (χ3n) is 5.83. The van der Waals surface area contributed by atoms with Crippen molar-refractivity contribution in [3.05, 3.63) is 88.1 Å². The normalized spacial score (nSPS) is 15.9. The van der Waals surface area contributed by atoms with Crippen LogP contribution in [-0.2, 0) is 6.18 Å². The third-order valence-corrected chi connectivity index (χ3v) is 6.31. The van der Waals surface area contributed by atoms with Gasteiger partial charge in [-0.25, -0.2) is 14.6 Å². The van der Waals surface area contributed by atoms with Crippen LogP contribution in [0.2, 0.25) is 10.2 Å². The number of benzene rings is 1. The van der Waals surface area contributed by atoms with Crippen LogP contribution in [0.5, 0.6) is 0 Å². The highest BCUT2D eigenvalue weighted by Crippen LogP contribution is 2.34. The first-order valence-corrected chi connectivity index (χ1v) is 12.1. The second-order valence-electron chi connectivity index (χ2n) is 8.43. The van der Waals surface area contributed by atoms with Gasteiger partial charge in [-0.05, 0) is 49.6 Å². The van der Waals surface area contributed by atoms with Crippen LogP contribution in [0.15, 0.2) is 66.5 Å². The number of fused-ring (bicyclic) bond motifs is 1. The number of anilines is 1. The van der Waals surface area contributed by atoms with E-state index in [-0.39, 0.29) is 28.2 Å². The zero-order valence-corrected chi connectivity index (χ0v) is 20.6. The number of carbonyl (C=O) groups is 1. The number of amides is 1. The Bertz CT molecular complexity index is 1520. The maximum atomic E-state index is 13.4. The van der Waals surface area contributed by atoms with Crippen molar-refractivity contribution in [3.8, 4) is 5.82 Å². The highest BCUT2D eigenvalue weighted by molar-refractivity contribution is 6.32. The summed E-state index contributed by atoms with van der Waals surface area (Å²) in [5, 5.41) is 11.1. The minimum Gasteiger partial charge on any atom is -0.359 e. The molecule has 1 aromatic carbocycles. The number of allylic oxidation sites excluding steroid dienone is 1. The molecule has 3 aromatic heterocycles. The van der Waals surface area contributed by atoms with Gasteiger partial charge in [0.1, 0.15) is 11.4 Å². The predicted molar refractivity (Wildman–Crippen MR) is 135 cm³/mol. The Labute approximate surface area is 219 Å². The zero-order chi connectivity index (χ0) is 26.2. The van der Waals surface area contributed by atoms with Crippen molar-refractivity contribution in [2.24, 2.45) is 0 Å². The second kappa shape index (κ2) is 10.0. The molecule has 3 heterocycles. The van der Waals surface area contributed by atoms with E-state index in [0.29, 0.717) is 41.1 Å². The van der Waals surface area contributed by atoms with Crippen LogP contribution in [0.4, 0.5) is 18.9 Å². The molecular weight excluding hydrogens is 528 g/mol. The Morgan fingerprint density at radius 1 is 1.11 bits per heavy atom. The molecule has 0 saturated carbocycles. The molecule has 0 fully saturated rings. The van der Waals surface area contributed by atoms with Crippen LogP contribution >= 0.6 is 23.2 Å². The fourth-order valence-electron chi connectivity index (χ4n) is 4.19. The molecule has 190 valence electrons. The largest absolute Gasteiger partial charge is 0.433 e. The maximum absolute atomic E-state index is 13.4. The van der Waals surface area contributed by atoms with Gasteiger partial charge in [-0.1, -0.05) is 41.4 Å². The minimum atomic E-state index is -4.58. The quantitative estimate of drug-likeness (QED) is 0.301. The summed E-state index contributed by atoms with van der Waals surface area (Å²) in [6.45, 7) is 0. The number of carbonyl (C=O) groups excluding carboxylic acids is 1. The van der Waals surface area contributed by atoms with E-state index in [2.05, 4.69) is 25.7 Å². The number of para-hydroxylation sites is 1. The molecule has 1 amide bonds. The maximum Gasteiger partial charge on any atom is 0.433 e. The van der Waals surface area contributed by atoms with Gasteiger partial charge in [0.2, 0.25) is 0 Å². The summed E-state index contributed by atoms with van der Waals surface area (Å²) in [5.41, 5.74) is 0.396. The standard InChI is InChI=1S/C25H19Cl2F3N6O/c26-17-8-4-10-31-23(17)36-20(13-22(27)35-36)24(37)33-15-6-3-5-14(11-15)32-19-12-21(25(28,29)30)34-18-9-2-1-7-16(18)19/h1-2,4,7-13,15H,3,5-6H2,(H,32,34)(H,33,37)/t15-/m1/s1. The molecule has 12 heteroatoms. The molecule has 4 aromatic rings. The van der Waals surface area contributed by atoms with Crippen LogP contribution < -0.4 is 10.6 Å². The first-order chi connectivity index (χ1) is 17.7. The number of nitrogens with one attached hydrogen (secondary N) is 2. The van der Waals surface area contributed by atoms with Crippen LogP contribution in [-0.4, -0.2) is 31.7 Å². The molecule has 0 unspecified atom stereocenters. The van der Waals surface area contributed by atoms with Crippen LogP contribution in [0, 0.1) is 0 Å². The molecule has 2 N–H and O–H groups in total. The SMILES string of the molecule is O=C(N[C@H]1C=C(Nc2cc(C(F)(F)F)nc3ccccc23)CCC1)c1cc(Cl)nn1-c1ncccc1Cl.